The fourth-order valence-corrected chi connectivity index (χ4v) is 3.43. The number of benzene rings is 1. The van der Waals surface area contributed by atoms with E-state index < -0.39 is 9.84 Å². The molecule has 0 unspecified atom stereocenters. The lowest BCUT2D eigenvalue weighted by Crippen LogP contribution is -2.08. The van der Waals surface area contributed by atoms with Gasteiger partial charge >= 0.3 is 0 Å². The van der Waals surface area contributed by atoms with E-state index in [1.165, 1.54) is 18.5 Å². The van der Waals surface area contributed by atoms with Crippen molar-refractivity contribution in [3.8, 4) is 0 Å². The smallest absolute Gasteiger partial charge is 0.225 e. The second kappa shape index (κ2) is 4.94. The number of hydrogen-bond donors (Lipinski definition) is 1. The minimum Gasteiger partial charge on any atom is -0.366 e. The zero-order valence-corrected chi connectivity index (χ0v) is 11.3. The van der Waals surface area contributed by atoms with E-state index in [1.54, 1.807) is 24.4 Å². The molecule has 0 radical (unpaired) electrons. The fraction of sp³-hybridized carbons (Fsp3) is 0. The van der Waals surface area contributed by atoms with Gasteiger partial charge in [0, 0.05) is 24.2 Å². The van der Waals surface area contributed by atoms with E-state index in [0.29, 0.717) is 5.56 Å². The molecule has 3 rings (SSSR count). The Kier molecular flexibility index (Phi) is 3.12. The zero-order valence-electron chi connectivity index (χ0n) is 10.5. The van der Waals surface area contributed by atoms with Crippen LogP contribution in [0.2, 0.25) is 0 Å². The van der Waals surface area contributed by atoms with Crippen LogP contribution in [0.5, 0.6) is 0 Å². The molecule has 100 valence electrons. The van der Waals surface area contributed by atoms with E-state index in [9.17, 15) is 8.42 Å². The summed E-state index contributed by atoms with van der Waals surface area (Å²) >= 11 is 0. The molecule has 0 saturated carbocycles. The third kappa shape index (κ3) is 2.12. The molecule has 1 aromatic carbocycles. The Bertz CT molecular complexity index is 794. The van der Waals surface area contributed by atoms with E-state index in [0.717, 1.165) is 5.56 Å². The average molecular weight is 284 g/mol. The second-order valence-corrected chi connectivity index (χ2v) is 6.13. The SMILES string of the molecule is O=S(=O)(C1=CNC=Cc2ccccc21)c1ccccn1. The number of aromatic nitrogens is 1. The number of sulfone groups is 1. The van der Waals surface area contributed by atoms with Crippen LogP contribution in [0, 0.1) is 0 Å². The highest BCUT2D eigenvalue weighted by molar-refractivity contribution is 8.00. The summed E-state index contributed by atoms with van der Waals surface area (Å²) in [4.78, 5) is 4.17. The summed E-state index contributed by atoms with van der Waals surface area (Å²) in [7, 11) is -3.65. The van der Waals surface area contributed by atoms with Crippen LogP contribution in [-0.4, -0.2) is 13.4 Å². The number of hydrogen-bond acceptors (Lipinski definition) is 4. The number of nitrogens with zero attached hydrogens (tertiary/aromatic N) is 1. The first-order valence-electron chi connectivity index (χ1n) is 6.08. The normalized spacial score (nSPS) is 13.9. The molecule has 1 aromatic heterocycles. The largest absolute Gasteiger partial charge is 0.366 e. The van der Waals surface area contributed by atoms with Gasteiger partial charge in [0.1, 0.15) is 0 Å². The maximum atomic E-state index is 12.7. The first kappa shape index (κ1) is 12.6. The third-order valence-electron chi connectivity index (χ3n) is 3.00. The first-order chi connectivity index (χ1) is 9.69. The van der Waals surface area contributed by atoms with Gasteiger partial charge in [-0.25, -0.2) is 13.4 Å². The van der Waals surface area contributed by atoms with Crippen LogP contribution in [0.1, 0.15) is 11.1 Å². The summed E-state index contributed by atoms with van der Waals surface area (Å²) in [5, 5.41) is 2.92. The molecule has 4 nitrogen and oxygen atoms in total. The van der Waals surface area contributed by atoms with Gasteiger partial charge < -0.3 is 5.32 Å². The van der Waals surface area contributed by atoms with Crippen molar-refractivity contribution in [1.29, 1.82) is 0 Å². The van der Waals surface area contributed by atoms with Crippen LogP contribution in [0.15, 0.2) is 66.1 Å². The lowest BCUT2D eigenvalue weighted by Gasteiger charge is -2.10. The van der Waals surface area contributed by atoms with Crippen LogP contribution < -0.4 is 5.32 Å². The molecular weight excluding hydrogens is 272 g/mol. The minimum atomic E-state index is -3.65. The molecule has 1 aliphatic heterocycles. The van der Waals surface area contributed by atoms with Crippen molar-refractivity contribution in [2.24, 2.45) is 0 Å². The zero-order chi connectivity index (χ0) is 14.0. The van der Waals surface area contributed by atoms with Crippen LogP contribution >= 0.6 is 0 Å². The maximum absolute atomic E-state index is 12.7. The number of fused-ring (bicyclic) bond motifs is 1. The molecule has 5 heteroatoms. The van der Waals surface area contributed by atoms with Crippen molar-refractivity contribution >= 4 is 20.8 Å². The summed E-state index contributed by atoms with van der Waals surface area (Å²) in [6, 6.07) is 12.2. The van der Waals surface area contributed by atoms with Gasteiger partial charge in [0.2, 0.25) is 9.84 Å². The highest BCUT2D eigenvalue weighted by Crippen LogP contribution is 2.30. The lowest BCUT2D eigenvalue weighted by molar-refractivity contribution is 0.602. The molecule has 2 aromatic rings. The van der Waals surface area contributed by atoms with Gasteiger partial charge in [-0.05, 0) is 23.8 Å². The molecule has 20 heavy (non-hydrogen) atoms. The summed E-state index contributed by atoms with van der Waals surface area (Å²) in [5.41, 5.74) is 1.52. The molecule has 0 amide bonds. The summed E-state index contributed by atoms with van der Waals surface area (Å²) in [6.07, 6.45) is 6.51. The van der Waals surface area contributed by atoms with Gasteiger partial charge in [-0.2, -0.15) is 0 Å². The monoisotopic (exact) mass is 284 g/mol. The Morgan fingerprint density at radius 3 is 2.60 bits per heavy atom. The standard InChI is InChI=1S/C15H12N2O2S/c18-20(19,15-7-3-4-9-17-15)14-11-16-10-8-12-5-1-2-6-13(12)14/h1-11,16H. The molecular formula is C15H12N2O2S. The molecule has 0 bridgehead atoms. The molecule has 0 saturated heterocycles. The summed E-state index contributed by atoms with van der Waals surface area (Å²) in [6.45, 7) is 0. The van der Waals surface area contributed by atoms with Crippen molar-refractivity contribution in [2.45, 2.75) is 5.03 Å². The third-order valence-corrected chi connectivity index (χ3v) is 4.71. The van der Waals surface area contributed by atoms with E-state index in [-0.39, 0.29) is 9.93 Å². The summed E-state index contributed by atoms with van der Waals surface area (Å²) < 4.78 is 25.4. The Morgan fingerprint density at radius 2 is 1.80 bits per heavy atom. The Hall–Kier alpha value is -2.40. The molecule has 1 aliphatic rings. The predicted octanol–water partition coefficient (Wildman–Crippen LogP) is 2.43. The lowest BCUT2D eigenvalue weighted by atomic mass is 10.1. The Labute approximate surface area is 117 Å². The predicted molar refractivity (Wildman–Crippen MR) is 78.0 cm³/mol. The topological polar surface area (TPSA) is 59.1 Å². The van der Waals surface area contributed by atoms with Crippen LogP contribution in [-0.2, 0) is 9.84 Å². The highest BCUT2D eigenvalue weighted by atomic mass is 32.2. The molecule has 0 spiro atoms. The Balaban J connectivity index is 2.19. The van der Waals surface area contributed by atoms with Gasteiger partial charge in [-0.3, -0.25) is 0 Å². The first-order valence-corrected chi connectivity index (χ1v) is 7.56. The van der Waals surface area contributed by atoms with E-state index in [2.05, 4.69) is 10.3 Å². The van der Waals surface area contributed by atoms with Crippen molar-refractivity contribution in [2.75, 3.05) is 0 Å². The molecule has 0 atom stereocenters. The highest BCUT2D eigenvalue weighted by Gasteiger charge is 2.25. The van der Waals surface area contributed by atoms with Gasteiger partial charge in [0.15, 0.2) is 5.03 Å². The van der Waals surface area contributed by atoms with Crippen LogP contribution in [0.4, 0.5) is 0 Å². The Morgan fingerprint density at radius 1 is 1.00 bits per heavy atom. The van der Waals surface area contributed by atoms with Crippen LogP contribution in [0.3, 0.4) is 0 Å². The van der Waals surface area contributed by atoms with Crippen molar-refractivity contribution < 1.29 is 8.42 Å². The minimum absolute atomic E-state index is 0.0461. The van der Waals surface area contributed by atoms with Crippen molar-refractivity contribution in [1.82, 2.24) is 10.3 Å². The van der Waals surface area contributed by atoms with Gasteiger partial charge in [0.25, 0.3) is 0 Å². The van der Waals surface area contributed by atoms with Gasteiger partial charge in [-0.1, -0.05) is 30.3 Å². The van der Waals surface area contributed by atoms with Crippen molar-refractivity contribution in [3.05, 3.63) is 72.2 Å². The molecule has 2 heterocycles. The molecule has 1 N–H and O–H groups in total. The van der Waals surface area contributed by atoms with Crippen LogP contribution in [0.25, 0.3) is 11.0 Å². The van der Waals surface area contributed by atoms with Gasteiger partial charge in [-0.15, -0.1) is 0 Å². The number of nitrogens with one attached hydrogen (secondary N) is 1. The molecule has 0 aliphatic carbocycles. The number of rotatable bonds is 2. The molecule has 0 fully saturated rings. The van der Waals surface area contributed by atoms with Crippen molar-refractivity contribution in [3.63, 3.8) is 0 Å². The quantitative estimate of drug-likeness (QED) is 0.920. The van der Waals surface area contributed by atoms with Gasteiger partial charge in [0.05, 0.1) is 4.91 Å². The van der Waals surface area contributed by atoms with E-state index in [1.807, 2.05) is 24.3 Å². The number of pyridine rings is 1. The van der Waals surface area contributed by atoms with E-state index >= 15 is 0 Å². The summed E-state index contributed by atoms with van der Waals surface area (Å²) in [5.74, 6) is 0. The fourth-order valence-electron chi connectivity index (χ4n) is 2.05. The second-order valence-electron chi connectivity index (χ2n) is 4.27. The average Bonchev–Trinajstić information content (AvgIpc) is 2.71. The van der Waals surface area contributed by atoms with E-state index in [4.69, 9.17) is 0 Å². The maximum Gasteiger partial charge on any atom is 0.225 e.